The lowest BCUT2D eigenvalue weighted by Gasteiger charge is -2.08. The Morgan fingerprint density at radius 1 is 1.56 bits per heavy atom. The van der Waals surface area contributed by atoms with Crippen LogP contribution in [0.5, 0.6) is 0 Å². The molecule has 1 atom stereocenters. The lowest BCUT2D eigenvalue weighted by molar-refractivity contribution is 0.0951. The molecule has 0 aromatic carbocycles. The van der Waals surface area contributed by atoms with Gasteiger partial charge in [0.25, 0.3) is 5.91 Å². The SMILES string of the molecule is CC(CO)CCCNC(=O)c1cnc(Cl)c(Cl)c1. The zero-order valence-electron chi connectivity index (χ0n) is 10.1. The van der Waals surface area contributed by atoms with E-state index in [-0.39, 0.29) is 28.6 Å². The van der Waals surface area contributed by atoms with Crippen molar-refractivity contribution in [1.82, 2.24) is 10.3 Å². The molecule has 0 spiro atoms. The summed E-state index contributed by atoms with van der Waals surface area (Å²) in [7, 11) is 0. The van der Waals surface area contributed by atoms with Gasteiger partial charge in [0.05, 0.1) is 10.6 Å². The summed E-state index contributed by atoms with van der Waals surface area (Å²) in [5, 5.41) is 12.1. The average Bonchev–Trinajstić information content (AvgIpc) is 2.37. The molecule has 4 nitrogen and oxygen atoms in total. The Bertz CT molecular complexity index is 413. The van der Waals surface area contributed by atoms with Gasteiger partial charge in [0.15, 0.2) is 0 Å². The van der Waals surface area contributed by atoms with Crippen LogP contribution in [-0.4, -0.2) is 29.1 Å². The molecule has 0 aliphatic heterocycles. The number of halogens is 2. The lowest BCUT2D eigenvalue weighted by atomic mass is 10.1. The zero-order chi connectivity index (χ0) is 13.5. The Hall–Kier alpha value is -0.840. The molecule has 6 heteroatoms. The Kier molecular flexibility index (Phi) is 6.39. The molecule has 1 aromatic heterocycles. The summed E-state index contributed by atoms with van der Waals surface area (Å²) < 4.78 is 0. The molecule has 1 aromatic rings. The number of amides is 1. The van der Waals surface area contributed by atoms with Gasteiger partial charge in [-0.25, -0.2) is 4.98 Å². The third-order valence-corrected chi connectivity index (χ3v) is 3.22. The number of aromatic nitrogens is 1. The molecular weight excluding hydrogens is 275 g/mol. The number of aliphatic hydroxyl groups is 1. The first-order chi connectivity index (χ1) is 8.54. The van der Waals surface area contributed by atoms with Crippen molar-refractivity contribution in [3.63, 3.8) is 0 Å². The standard InChI is InChI=1S/C12H16Cl2N2O2/c1-8(7-17)3-2-4-15-12(18)9-5-10(13)11(14)16-6-9/h5-6,8,17H,2-4,7H2,1H3,(H,15,18). The van der Waals surface area contributed by atoms with Crippen molar-refractivity contribution >= 4 is 29.1 Å². The molecule has 18 heavy (non-hydrogen) atoms. The van der Waals surface area contributed by atoms with Gasteiger partial charge < -0.3 is 10.4 Å². The molecule has 0 fully saturated rings. The van der Waals surface area contributed by atoms with Gasteiger partial charge in [-0.05, 0) is 24.8 Å². The van der Waals surface area contributed by atoms with Crippen LogP contribution in [0.25, 0.3) is 0 Å². The van der Waals surface area contributed by atoms with E-state index in [1.807, 2.05) is 6.92 Å². The van der Waals surface area contributed by atoms with Crippen LogP contribution in [0, 0.1) is 5.92 Å². The number of carbonyl (C=O) groups excluding carboxylic acids is 1. The molecule has 1 rings (SSSR count). The van der Waals surface area contributed by atoms with E-state index in [1.54, 1.807) is 0 Å². The number of aliphatic hydroxyl groups excluding tert-OH is 1. The number of pyridine rings is 1. The fourth-order valence-corrected chi connectivity index (χ4v) is 1.66. The highest BCUT2D eigenvalue weighted by Crippen LogP contribution is 2.19. The van der Waals surface area contributed by atoms with Crippen LogP contribution in [0.2, 0.25) is 10.2 Å². The molecule has 0 radical (unpaired) electrons. The first-order valence-corrected chi connectivity index (χ1v) is 6.50. The molecule has 2 N–H and O–H groups in total. The van der Waals surface area contributed by atoms with Gasteiger partial charge in [0.2, 0.25) is 0 Å². The lowest BCUT2D eigenvalue weighted by Crippen LogP contribution is -2.25. The quantitative estimate of drug-likeness (QED) is 0.625. The van der Waals surface area contributed by atoms with Gasteiger partial charge in [0.1, 0.15) is 5.15 Å². The Morgan fingerprint density at radius 3 is 2.89 bits per heavy atom. The summed E-state index contributed by atoms with van der Waals surface area (Å²) in [6.07, 6.45) is 3.08. The maximum absolute atomic E-state index is 11.7. The van der Waals surface area contributed by atoms with Gasteiger partial charge in [-0.1, -0.05) is 30.1 Å². The van der Waals surface area contributed by atoms with E-state index >= 15 is 0 Å². The zero-order valence-corrected chi connectivity index (χ0v) is 11.6. The van der Waals surface area contributed by atoms with Crippen molar-refractivity contribution in [2.24, 2.45) is 5.92 Å². The minimum atomic E-state index is -0.224. The third-order valence-electron chi connectivity index (χ3n) is 2.53. The Labute approximate surface area is 116 Å². The Balaban J connectivity index is 2.39. The summed E-state index contributed by atoms with van der Waals surface area (Å²) in [4.78, 5) is 15.5. The van der Waals surface area contributed by atoms with Crippen LogP contribution in [-0.2, 0) is 0 Å². The molecule has 0 bridgehead atoms. The van der Waals surface area contributed by atoms with E-state index in [0.717, 1.165) is 12.8 Å². The predicted octanol–water partition coefficient (Wildman–Crippen LogP) is 2.53. The molecule has 100 valence electrons. The second kappa shape index (κ2) is 7.56. The second-order valence-corrected chi connectivity index (χ2v) is 4.95. The summed E-state index contributed by atoms with van der Waals surface area (Å²) >= 11 is 11.4. The number of rotatable bonds is 6. The summed E-state index contributed by atoms with van der Waals surface area (Å²) in [6.45, 7) is 2.69. The van der Waals surface area contributed by atoms with Crippen molar-refractivity contribution in [3.05, 3.63) is 28.0 Å². The highest BCUT2D eigenvalue weighted by Gasteiger charge is 2.08. The van der Waals surface area contributed by atoms with Crippen molar-refractivity contribution in [2.75, 3.05) is 13.2 Å². The van der Waals surface area contributed by atoms with Crippen molar-refractivity contribution in [3.8, 4) is 0 Å². The van der Waals surface area contributed by atoms with Gasteiger partial charge in [-0.2, -0.15) is 0 Å². The molecular formula is C12H16Cl2N2O2. The van der Waals surface area contributed by atoms with E-state index in [2.05, 4.69) is 10.3 Å². The molecule has 0 aliphatic carbocycles. The summed E-state index contributed by atoms with van der Waals surface area (Å²) in [5.41, 5.74) is 0.389. The highest BCUT2D eigenvalue weighted by molar-refractivity contribution is 6.41. The van der Waals surface area contributed by atoms with Crippen molar-refractivity contribution in [2.45, 2.75) is 19.8 Å². The number of nitrogens with zero attached hydrogens (tertiary/aromatic N) is 1. The Morgan fingerprint density at radius 2 is 2.28 bits per heavy atom. The first-order valence-electron chi connectivity index (χ1n) is 5.74. The van der Waals surface area contributed by atoms with E-state index in [9.17, 15) is 4.79 Å². The minimum Gasteiger partial charge on any atom is -0.396 e. The van der Waals surface area contributed by atoms with Crippen molar-refractivity contribution < 1.29 is 9.90 Å². The molecule has 1 unspecified atom stereocenters. The minimum absolute atomic E-state index is 0.171. The normalized spacial score (nSPS) is 12.2. The third kappa shape index (κ3) is 4.80. The molecule has 0 saturated heterocycles. The topological polar surface area (TPSA) is 62.2 Å². The number of hydrogen-bond donors (Lipinski definition) is 2. The first kappa shape index (κ1) is 15.2. The number of nitrogens with one attached hydrogen (secondary N) is 1. The predicted molar refractivity (Wildman–Crippen MR) is 72.1 cm³/mol. The van der Waals surface area contributed by atoms with Crippen LogP contribution < -0.4 is 5.32 Å². The number of hydrogen-bond acceptors (Lipinski definition) is 3. The summed E-state index contributed by atoms with van der Waals surface area (Å²) in [6, 6.07) is 1.49. The molecule has 1 amide bonds. The largest absolute Gasteiger partial charge is 0.396 e. The molecule has 1 heterocycles. The van der Waals surface area contributed by atoms with Crippen LogP contribution in [0.3, 0.4) is 0 Å². The maximum atomic E-state index is 11.7. The monoisotopic (exact) mass is 290 g/mol. The fraction of sp³-hybridized carbons (Fsp3) is 0.500. The van der Waals surface area contributed by atoms with E-state index in [4.69, 9.17) is 28.3 Å². The van der Waals surface area contributed by atoms with Gasteiger partial charge in [0, 0.05) is 19.3 Å². The van der Waals surface area contributed by atoms with Crippen LogP contribution >= 0.6 is 23.2 Å². The van der Waals surface area contributed by atoms with Crippen LogP contribution in [0.15, 0.2) is 12.3 Å². The van der Waals surface area contributed by atoms with Crippen LogP contribution in [0.1, 0.15) is 30.1 Å². The average molecular weight is 291 g/mol. The molecule has 0 saturated carbocycles. The smallest absolute Gasteiger partial charge is 0.252 e. The van der Waals surface area contributed by atoms with Crippen molar-refractivity contribution in [1.29, 1.82) is 0 Å². The maximum Gasteiger partial charge on any atom is 0.252 e. The summed E-state index contributed by atoms with van der Waals surface area (Å²) in [5.74, 6) is 0.0336. The second-order valence-electron chi connectivity index (χ2n) is 4.18. The fourth-order valence-electron chi connectivity index (χ4n) is 1.39. The van der Waals surface area contributed by atoms with Gasteiger partial charge in [-0.15, -0.1) is 0 Å². The van der Waals surface area contributed by atoms with Crippen LogP contribution in [0.4, 0.5) is 0 Å². The van der Waals surface area contributed by atoms with Gasteiger partial charge in [-0.3, -0.25) is 4.79 Å². The van der Waals surface area contributed by atoms with E-state index in [0.29, 0.717) is 12.1 Å². The van der Waals surface area contributed by atoms with E-state index < -0.39 is 0 Å². The number of carbonyl (C=O) groups is 1. The van der Waals surface area contributed by atoms with Gasteiger partial charge >= 0.3 is 0 Å². The molecule has 0 aliphatic rings. The highest BCUT2D eigenvalue weighted by atomic mass is 35.5. The van der Waals surface area contributed by atoms with E-state index in [1.165, 1.54) is 12.3 Å².